The fourth-order valence-corrected chi connectivity index (χ4v) is 3.80. The molecule has 0 aromatic heterocycles. The van der Waals surface area contributed by atoms with E-state index < -0.39 is 23.5 Å². The Labute approximate surface area is 139 Å². The van der Waals surface area contributed by atoms with E-state index >= 15 is 0 Å². The Bertz CT molecular complexity index is 565. The number of rotatable bonds is 4. The molecule has 0 aromatic rings. The number of carbonyl (C=O) groups is 3. The van der Waals surface area contributed by atoms with Crippen molar-refractivity contribution in [1.29, 1.82) is 0 Å². The van der Waals surface area contributed by atoms with Crippen molar-refractivity contribution in [3.05, 3.63) is 11.3 Å². The number of β-lactam (4-membered cyclic amide) rings is 1. The van der Waals surface area contributed by atoms with Crippen LogP contribution >= 0.6 is 11.8 Å². The molecule has 2 aliphatic heterocycles. The summed E-state index contributed by atoms with van der Waals surface area (Å²) in [5, 5.41) is 9.00. The SMILES string of the molecule is CC(=O)OCC1=C(C(=O)OC(C)(C)C)N2C(=O)C(CO)[C@@H]2SC1. The van der Waals surface area contributed by atoms with Gasteiger partial charge in [0.2, 0.25) is 5.91 Å². The first-order valence-corrected chi connectivity index (χ1v) is 8.35. The fraction of sp³-hybridized carbons (Fsp3) is 0.667. The monoisotopic (exact) mass is 343 g/mol. The molecule has 2 aliphatic rings. The van der Waals surface area contributed by atoms with Gasteiger partial charge in [0.05, 0.1) is 17.9 Å². The Morgan fingerprint density at radius 3 is 2.57 bits per heavy atom. The van der Waals surface area contributed by atoms with Crippen LogP contribution in [0.4, 0.5) is 0 Å². The van der Waals surface area contributed by atoms with Gasteiger partial charge in [0.1, 0.15) is 17.9 Å². The molecule has 1 amide bonds. The number of hydrogen-bond acceptors (Lipinski definition) is 7. The lowest BCUT2D eigenvalue weighted by atomic mass is 9.96. The third-order valence-corrected chi connectivity index (χ3v) is 4.79. The zero-order valence-electron chi connectivity index (χ0n) is 13.6. The average molecular weight is 343 g/mol. The zero-order chi connectivity index (χ0) is 17.4. The summed E-state index contributed by atoms with van der Waals surface area (Å²) in [5.74, 6) is -1.46. The lowest BCUT2D eigenvalue weighted by Gasteiger charge is -2.49. The van der Waals surface area contributed by atoms with Crippen molar-refractivity contribution in [3.63, 3.8) is 0 Å². The topological polar surface area (TPSA) is 93.1 Å². The summed E-state index contributed by atoms with van der Waals surface area (Å²) in [5.41, 5.74) is -0.0267. The van der Waals surface area contributed by atoms with Crippen LogP contribution in [0.2, 0.25) is 0 Å². The average Bonchev–Trinajstić information content (AvgIpc) is 2.42. The Kier molecular flexibility index (Phi) is 5.05. The molecule has 0 saturated carbocycles. The Hall–Kier alpha value is -1.54. The van der Waals surface area contributed by atoms with E-state index in [0.29, 0.717) is 11.3 Å². The van der Waals surface area contributed by atoms with E-state index in [1.165, 1.54) is 23.6 Å². The van der Waals surface area contributed by atoms with Crippen LogP contribution < -0.4 is 0 Å². The van der Waals surface area contributed by atoms with Crippen molar-refractivity contribution in [2.24, 2.45) is 5.92 Å². The van der Waals surface area contributed by atoms with Gasteiger partial charge in [-0.15, -0.1) is 11.8 Å². The van der Waals surface area contributed by atoms with Gasteiger partial charge in [-0.2, -0.15) is 0 Å². The molecular weight excluding hydrogens is 322 g/mol. The molecule has 1 fully saturated rings. The number of esters is 2. The van der Waals surface area contributed by atoms with Crippen molar-refractivity contribution in [3.8, 4) is 0 Å². The molecule has 1 unspecified atom stereocenters. The highest BCUT2D eigenvalue weighted by molar-refractivity contribution is 8.00. The van der Waals surface area contributed by atoms with Crippen LogP contribution in [-0.4, -0.2) is 57.8 Å². The molecule has 8 heteroatoms. The molecule has 2 heterocycles. The first-order valence-electron chi connectivity index (χ1n) is 7.30. The summed E-state index contributed by atoms with van der Waals surface area (Å²) < 4.78 is 10.4. The number of amides is 1. The van der Waals surface area contributed by atoms with E-state index in [1.807, 2.05) is 0 Å². The first kappa shape index (κ1) is 17.8. The smallest absolute Gasteiger partial charge is 0.355 e. The van der Waals surface area contributed by atoms with E-state index in [0.717, 1.165) is 0 Å². The number of hydrogen-bond donors (Lipinski definition) is 1. The van der Waals surface area contributed by atoms with E-state index in [2.05, 4.69) is 0 Å². The molecule has 0 bridgehead atoms. The number of ether oxygens (including phenoxy) is 2. The van der Waals surface area contributed by atoms with Crippen molar-refractivity contribution in [2.75, 3.05) is 19.0 Å². The molecule has 23 heavy (non-hydrogen) atoms. The Morgan fingerprint density at radius 2 is 2.04 bits per heavy atom. The van der Waals surface area contributed by atoms with E-state index in [-0.39, 0.29) is 30.2 Å². The maximum absolute atomic E-state index is 12.5. The van der Waals surface area contributed by atoms with E-state index in [9.17, 15) is 19.5 Å². The third-order valence-electron chi connectivity index (χ3n) is 3.40. The molecule has 0 spiro atoms. The lowest BCUT2D eigenvalue weighted by molar-refractivity contribution is -0.161. The Balaban J connectivity index is 2.31. The molecule has 128 valence electrons. The first-order chi connectivity index (χ1) is 10.7. The normalized spacial score (nSPS) is 24.0. The minimum atomic E-state index is -0.707. The second kappa shape index (κ2) is 6.52. The fourth-order valence-electron chi connectivity index (χ4n) is 2.41. The van der Waals surface area contributed by atoms with Gasteiger partial charge in [-0.3, -0.25) is 14.5 Å². The minimum Gasteiger partial charge on any atom is -0.461 e. The van der Waals surface area contributed by atoms with Gasteiger partial charge in [0.25, 0.3) is 0 Å². The maximum Gasteiger partial charge on any atom is 0.355 e. The number of carbonyl (C=O) groups excluding carboxylic acids is 3. The summed E-state index contributed by atoms with van der Waals surface area (Å²) in [4.78, 5) is 37.1. The van der Waals surface area contributed by atoms with Gasteiger partial charge in [0, 0.05) is 18.2 Å². The van der Waals surface area contributed by atoms with Crippen LogP contribution in [0.1, 0.15) is 27.7 Å². The second-order valence-corrected chi connectivity index (χ2v) is 7.54. The van der Waals surface area contributed by atoms with Gasteiger partial charge in [-0.25, -0.2) is 4.79 Å². The number of thioether (sulfide) groups is 1. The summed E-state index contributed by atoms with van der Waals surface area (Å²) >= 11 is 1.44. The number of aliphatic hydroxyl groups excluding tert-OH is 1. The molecule has 0 aromatic carbocycles. The maximum atomic E-state index is 12.5. The Morgan fingerprint density at radius 1 is 1.39 bits per heavy atom. The zero-order valence-corrected chi connectivity index (χ0v) is 14.4. The molecule has 1 saturated heterocycles. The molecule has 0 aliphatic carbocycles. The molecule has 0 radical (unpaired) electrons. The summed E-state index contributed by atoms with van der Waals surface area (Å²) in [6, 6.07) is 0. The highest BCUT2D eigenvalue weighted by Crippen LogP contribution is 2.44. The molecular formula is C15H21NO6S. The third kappa shape index (κ3) is 3.69. The van der Waals surface area contributed by atoms with Crippen LogP contribution in [0.15, 0.2) is 11.3 Å². The largest absolute Gasteiger partial charge is 0.461 e. The van der Waals surface area contributed by atoms with Crippen LogP contribution in [0.3, 0.4) is 0 Å². The van der Waals surface area contributed by atoms with Gasteiger partial charge in [0.15, 0.2) is 0 Å². The number of nitrogens with zero attached hydrogens (tertiary/aromatic N) is 1. The highest BCUT2D eigenvalue weighted by Gasteiger charge is 2.53. The number of aliphatic hydroxyl groups is 1. The quantitative estimate of drug-likeness (QED) is 0.592. The van der Waals surface area contributed by atoms with Crippen LogP contribution in [0, 0.1) is 5.92 Å². The summed E-state index contributed by atoms with van der Waals surface area (Å²) in [7, 11) is 0. The predicted octanol–water partition coefficient (Wildman–Crippen LogP) is 0.669. The van der Waals surface area contributed by atoms with Crippen molar-refractivity contribution in [2.45, 2.75) is 38.7 Å². The highest BCUT2D eigenvalue weighted by atomic mass is 32.2. The van der Waals surface area contributed by atoms with Crippen LogP contribution in [0.5, 0.6) is 0 Å². The predicted molar refractivity (Wildman–Crippen MR) is 83.2 cm³/mol. The molecule has 7 nitrogen and oxygen atoms in total. The number of fused-ring (bicyclic) bond motifs is 1. The molecule has 2 rings (SSSR count). The van der Waals surface area contributed by atoms with E-state index in [4.69, 9.17) is 9.47 Å². The second-order valence-electron chi connectivity index (χ2n) is 6.43. The van der Waals surface area contributed by atoms with Crippen molar-refractivity contribution >= 4 is 29.6 Å². The van der Waals surface area contributed by atoms with Crippen LogP contribution in [-0.2, 0) is 23.9 Å². The molecule has 2 atom stereocenters. The van der Waals surface area contributed by atoms with Crippen LogP contribution in [0.25, 0.3) is 0 Å². The minimum absolute atomic E-state index is 0.0583. The van der Waals surface area contributed by atoms with Gasteiger partial charge in [-0.1, -0.05) is 0 Å². The van der Waals surface area contributed by atoms with Gasteiger partial charge >= 0.3 is 11.9 Å². The standard InChI is InChI=1S/C15H21NO6S/c1-8(18)21-6-9-7-23-13-10(5-17)12(19)16(13)11(9)14(20)22-15(2,3)4/h10,13,17H,5-7H2,1-4H3/t10?,13-/m0/s1. The summed E-state index contributed by atoms with van der Waals surface area (Å²) in [6.07, 6.45) is 0. The van der Waals surface area contributed by atoms with Gasteiger partial charge in [-0.05, 0) is 20.8 Å². The summed E-state index contributed by atoms with van der Waals surface area (Å²) in [6.45, 7) is 6.18. The van der Waals surface area contributed by atoms with Gasteiger partial charge < -0.3 is 14.6 Å². The van der Waals surface area contributed by atoms with Crippen molar-refractivity contribution in [1.82, 2.24) is 4.90 Å². The van der Waals surface area contributed by atoms with Crippen molar-refractivity contribution < 1.29 is 29.0 Å². The van der Waals surface area contributed by atoms with E-state index in [1.54, 1.807) is 20.8 Å². The molecule has 1 N–H and O–H groups in total. The lowest BCUT2D eigenvalue weighted by Crippen LogP contribution is -2.63.